The molecule has 2 unspecified atom stereocenters. The van der Waals surface area contributed by atoms with Crippen LogP contribution in [-0.4, -0.2) is 23.4 Å². The van der Waals surface area contributed by atoms with Crippen molar-refractivity contribution in [2.75, 3.05) is 6.54 Å². The number of rotatable bonds is 2. The summed E-state index contributed by atoms with van der Waals surface area (Å²) in [6.07, 6.45) is 4.02. The Bertz CT molecular complexity index is 551. The summed E-state index contributed by atoms with van der Waals surface area (Å²) in [7, 11) is 0. The Morgan fingerprint density at radius 1 is 1.24 bits per heavy atom. The van der Waals surface area contributed by atoms with Crippen LogP contribution < -0.4 is 0 Å². The Balaban J connectivity index is 1.73. The van der Waals surface area contributed by atoms with Gasteiger partial charge in [0.1, 0.15) is 0 Å². The van der Waals surface area contributed by atoms with Crippen molar-refractivity contribution < 1.29 is 4.79 Å². The molecule has 0 spiro atoms. The molecule has 1 aromatic rings. The van der Waals surface area contributed by atoms with E-state index in [2.05, 4.69) is 25.7 Å². The van der Waals surface area contributed by atoms with Crippen LogP contribution in [0, 0.1) is 10.8 Å². The number of hydrogen-bond donors (Lipinski definition) is 0. The molecule has 21 heavy (non-hydrogen) atoms. The van der Waals surface area contributed by atoms with Crippen molar-refractivity contribution in [1.29, 1.82) is 0 Å². The lowest BCUT2D eigenvalue weighted by Crippen LogP contribution is -2.38. The maximum atomic E-state index is 12.7. The number of likely N-dealkylation sites (tertiary alicyclic amines) is 1. The van der Waals surface area contributed by atoms with E-state index in [-0.39, 0.29) is 5.91 Å². The highest BCUT2D eigenvalue weighted by Gasteiger charge is 2.50. The molecule has 2 aliphatic rings. The highest BCUT2D eigenvalue weighted by Crippen LogP contribution is 2.52. The summed E-state index contributed by atoms with van der Waals surface area (Å²) in [6.45, 7) is 7.94. The summed E-state index contributed by atoms with van der Waals surface area (Å²) >= 11 is 5.90. The zero-order chi connectivity index (χ0) is 15.3. The lowest BCUT2D eigenvalue weighted by Gasteiger charge is -2.39. The van der Waals surface area contributed by atoms with Gasteiger partial charge in [-0.2, -0.15) is 0 Å². The summed E-state index contributed by atoms with van der Waals surface area (Å²) in [6, 6.07) is 8.05. The predicted molar refractivity (Wildman–Crippen MR) is 86.4 cm³/mol. The minimum atomic E-state index is 0.267. The molecular weight excluding hydrogens is 282 g/mol. The first-order chi connectivity index (χ1) is 9.76. The molecule has 2 fully saturated rings. The van der Waals surface area contributed by atoms with Crippen LogP contribution in [0.4, 0.5) is 0 Å². The Morgan fingerprint density at radius 3 is 2.57 bits per heavy atom. The number of hydrogen-bond acceptors (Lipinski definition) is 1. The van der Waals surface area contributed by atoms with Gasteiger partial charge in [0.2, 0.25) is 5.91 Å². The van der Waals surface area contributed by atoms with Crippen LogP contribution in [0.2, 0.25) is 5.02 Å². The first-order valence-electron chi connectivity index (χ1n) is 7.80. The smallest absolute Gasteiger partial charge is 0.227 e. The maximum Gasteiger partial charge on any atom is 0.227 e. The van der Waals surface area contributed by atoms with Crippen LogP contribution in [0.1, 0.15) is 45.6 Å². The van der Waals surface area contributed by atoms with E-state index in [1.165, 1.54) is 12.8 Å². The van der Waals surface area contributed by atoms with Crippen LogP contribution in [0.3, 0.4) is 0 Å². The highest BCUT2D eigenvalue weighted by atomic mass is 35.5. The SMILES string of the molecule is CC1(C)CC2CC(C)(CN2C(=O)Cc2ccc(Cl)cc2)C1. The molecule has 2 nitrogen and oxygen atoms in total. The molecule has 2 bridgehead atoms. The molecule has 3 heteroatoms. The average molecular weight is 306 g/mol. The van der Waals surface area contributed by atoms with Gasteiger partial charge in [0.25, 0.3) is 0 Å². The fourth-order valence-corrected chi connectivity index (χ4v) is 4.76. The van der Waals surface area contributed by atoms with Crippen LogP contribution in [0.5, 0.6) is 0 Å². The third-order valence-corrected chi connectivity index (χ3v) is 5.26. The second-order valence-corrected chi connectivity index (χ2v) is 8.48. The van der Waals surface area contributed by atoms with E-state index in [0.29, 0.717) is 23.3 Å². The van der Waals surface area contributed by atoms with Gasteiger partial charge in [-0.25, -0.2) is 0 Å². The molecule has 3 rings (SSSR count). The van der Waals surface area contributed by atoms with Crippen molar-refractivity contribution in [1.82, 2.24) is 4.90 Å². The molecule has 1 aliphatic heterocycles. The zero-order valence-corrected chi connectivity index (χ0v) is 13.9. The number of amides is 1. The van der Waals surface area contributed by atoms with Gasteiger partial charge in [-0.15, -0.1) is 0 Å². The van der Waals surface area contributed by atoms with Gasteiger partial charge in [0.15, 0.2) is 0 Å². The Kier molecular flexibility index (Phi) is 3.56. The summed E-state index contributed by atoms with van der Waals surface area (Å²) in [5.74, 6) is 0.267. The molecule has 114 valence electrons. The minimum Gasteiger partial charge on any atom is -0.339 e. The standard InChI is InChI=1S/C18H24ClNO/c1-17(2)9-15-10-18(3,11-17)12-20(15)16(21)8-13-4-6-14(19)7-5-13/h4-7,15H,8-12H2,1-3H3. The Morgan fingerprint density at radius 2 is 1.90 bits per heavy atom. The van der Waals surface area contributed by atoms with E-state index in [4.69, 9.17) is 11.6 Å². The third-order valence-electron chi connectivity index (χ3n) is 5.00. The zero-order valence-electron chi connectivity index (χ0n) is 13.2. The number of fused-ring (bicyclic) bond motifs is 2. The van der Waals surface area contributed by atoms with Crippen LogP contribution in [-0.2, 0) is 11.2 Å². The van der Waals surface area contributed by atoms with Gasteiger partial charge in [0, 0.05) is 17.6 Å². The molecule has 1 amide bonds. The highest BCUT2D eigenvalue weighted by molar-refractivity contribution is 6.30. The monoisotopic (exact) mass is 305 g/mol. The van der Waals surface area contributed by atoms with E-state index in [0.717, 1.165) is 23.6 Å². The molecule has 1 saturated carbocycles. The second kappa shape index (κ2) is 5.01. The lowest BCUT2D eigenvalue weighted by molar-refractivity contribution is -0.131. The van der Waals surface area contributed by atoms with Gasteiger partial charge in [-0.05, 0) is 47.8 Å². The second-order valence-electron chi connectivity index (χ2n) is 8.04. The molecule has 0 aromatic heterocycles. The van der Waals surface area contributed by atoms with Gasteiger partial charge < -0.3 is 4.90 Å². The summed E-state index contributed by atoms with van der Waals surface area (Å²) < 4.78 is 0. The number of carbonyl (C=O) groups excluding carboxylic acids is 1. The predicted octanol–water partition coefficient (Wildman–Crippen LogP) is 4.31. The average Bonchev–Trinajstić information content (AvgIpc) is 2.61. The van der Waals surface area contributed by atoms with Gasteiger partial charge >= 0.3 is 0 Å². The minimum absolute atomic E-state index is 0.267. The Labute approximate surface area is 132 Å². The summed E-state index contributed by atoms with van der Waals surface area (Å²) in [5, 5.41) is 0.720. The largest absolute Gasteiger partial charge is 0.339 e. The molecular formula is C18H24ClNO. The van der Waals surface area contributed by atoms with Crippen molar-refractivity contribution in [2.45, 2.75) is 52.5 Å². The fraction of sp³-hybridized carbons (Fsp3) is 0.611. The topological polar surface area (TPSA) is 20.3 Å². The van der Waals surface area contributed by atoms with Crippen LogP contribution >= 0.6 is 11.6 Å². The van der Waals surface area contributed by atoms with Crippen molar-refractivity contribution >= 4 is 17.5 Å². The Hall–Kier alpha value is -1.02. The van der Waals surface area contributed by atoms with Gasteiger partial charge in [-0.1, -0.05) is 44.5 Å². The van der Waals surface area contributed by atoms with Crippen molar-refractivity contribution in [3.63, 3.8) is 0 Å². The molecule has 0 radical (unpaired) electrons. The molecule has 0 N–H and O–H groups in total. The number of nitrogens with zero attached hydrogens (tertiary/aromatic N) is 1. The van der Waals surface area contributed by atoms with Crippen LogP contribution in [0.15, 0.2) is 24.3 Å². The summed E-state index contributed by atoms with van der Waals surface area (Å²) in [4.78, 5) is 14.8. The maximum absolute atomic E-state index is 12.7. The first kappa shape index (κ1) is 14.9. The molecule has 1 saturated heterocycles. The van der Waals surface area contributed by atoms with Gasteiger partial charge in [-0.3, -0.25) is 4.79 Å². The number of benzene rings is 1. The van der Waals surface area contributed by atoms with Gasteiger partial charge in [0.05, 0.1) is 6.42 Å². The third kappa shape index (κ3) is 3.11. The molecule has 1 aliphatic carbocycles. The van der Waals surface area contributed by atoms with E-state index in [1.807, 2.05) is 24.3 Å². The van der Waals surface area contributed by atoms with Crippen molar-refractivity contribution in [2.24, 2.45) is 10.8 Å². The molecule has 2 atom stereocenters. The van der Waals surface area contributed by atoms with E-state index >= 15 is 0 Å². The number of halogens is 1. The molecule has 1 heterocycles. The van der Waals surface area contributed by atoms with Crippen molar-refractivity contribution in [3.05, 3.63) is 34.9 Å². The fourth-order valence-electron chi connectivity index (χ4n) is 4.63. The van der Waals surface area contributed by atoms with E-state index < -0.39 is 0 Å². The summed E-state index contributed by atoms with van der Waals surface area (Å²) in [5.41, 5.74) is 1.71. The lowest BCUT2D eigenvalue weighted by atomic mass is 9.65. The normalized spacial score (nSPS) is 30.5. The van der Waals surface area contributed by atoms with E-state index in [9.17, 15) is 4.79 Å². The molecule has 1 aromatic carbocycles. The van der Waals surface area contributed by atoms with Crippen molar-refractivity contribution in [3.8, 4) is 0 Å². The number of carbonyl (C=O) groups is 1. The first-order valence-corrected chi connectivity index (χ1v) is 8.18. The van der Waals surface area contributed by atoms with E-state index in [1.54, 1.807) is 0 Å². The van der Waals surface area contributed by atoms with Crippen LogP contribution in [0.25, 0.3) is 0 Å². The quantitative estimate of drug-likeness (QED) is 0.797.